The lowest BCUT2D eigenvalue weighted by atomic mass is 10.1. The Bertz CT molecular complexity index is 1180. The number of benzene rings is 2. The smallest absolute Gasteiger partial charge is 0.243 e. The van der Waals surface area contributed by atoms with E-state index < -0.39 is 16.1 Å². The molecule has 1 N–H and O–H groups in total. The van der Waals surface area contributed by atoms with Gasteiger partial charge in [0.2, 0.25) is 21.8 Å². The van der Waals surface area contributed by atoms with Gasteiger partial charge in [0.1, 0.15) is 11.8 Å². The number of rotatable bonds is 13. The molecule has 1 fully saturated rings. The van der Waals surface area contributed by atoms with Crippen molar-refractivity contribution in [3.05, 3.63) is 59.1 Å². The molecular formula is C28H38ClN3O5S. The Balaban J connectivity index is 1.75. The number of ether oxygens (including phenoxy) is 1. The van der Waals surface area contributed by atoms with E-state index in [-0.39, 0.29) is 37.4 Å². The van der Waals surface area contributed by atoms with Crippen LogP contribution in [0, 0.1) is 0 Å². The minimum absolute atomic E-state index is 0.0940. The highest BCUT2D eigenvalue weighted by Gasteiger charge is 2.30. The van der Waals surface area contributed by atoms with E-state index in [4.69, 9.17) is 16.3 Å². The fourth-order valence-corrected chi connectivity index (χ4v) is 5.93. The van der Waals surface area contributed by atoms with Gasteiger partial charge in [-0.05, 0) is 55.5 Å². The van der Waals surface area contributed by atoms with E-state index in [9.17, 15) is 18.0 Å². The van der Waals surface area contributed by atoms with Crippen LogP contribution in [0.4, 0.5) is 5.69 Å². The Labute approximate surface area is 231 Å². The summed E-state index contributed by atoms with van der Waals surface area (Å²) in [5.41, 5.74) is 1.34. The van der Waals surface area contributed by atoms with E-state index in [0.717, 1.165) is 37.5 Å². The highest BCUT2D eigenvalue weighted by atomic mass is 35.5. The molecule has 8 nitrogen and oxygen atoms in total. The number of carbonyl (C=O) groups excluding carboxylic acids is 2. The Hall–Kier alpha value is -2.78. The first-order valence-electron chi connectivity index (χ1n) is 13.1. The number of methoxy groups -OCH3 is 1. The largest absolute Gasteiger partial charge is 0.497 e. The lowest BCUT2D eigenvalue weighted by molar-refractivity contribution is -0.141. The number of nitrogens with zero attached hydrogens (tertiary/aromatic N) is 2. The maximum atomic E-state index is 13.6. The van der Waals surface area contributed by atoms with Crippen LogP contribution in [-0.2, 0) is 26.2 Å². The van der Waals surface area contributed by atoms with Crippen molar-refractivity contribution < 1.29 is 22.7 Å². The van der Waals surface area contributed by atoms with Crippen LogP contribution in [0.3, 0.4) is 0 Å². The lowest BCUT2D eigenvalue weighted by Gasteiger charge is -2.32. The second-order valence-electron chi connectivity index (χ2n) is 9.70. The minimum atomic E-state index is -3.59. The number of nitrogens with one attached hydrogen (secondary N) is 1. The highest BCUT2D eigenvalue weighted by Crippen LogP contribution is 2.24. The molecule has 0 saturated heterocycles. The standard InChI is InChI=1S/C28H38ClN3O5S/c1-4-26(28(34)30-23-9-5-6-10-23)31(20-21-14-16-22(29)17-15-21)27(33)13-8-18-32(38(3,35)36)24-11-7-12-25(19-24)37-2/h7,11-12,14-17,19,23,26H,4-6,8-10,13,18,20H2,1-3H3,(H,30,34)/t26-/m1/s1. The molecule has 1 aliphatic carbocycles. The summed E-state index contributed by atoms with van der Waals surface area (Å²) in [5.74, 6) is 0.198. The second-order valence-corrected chi connectivity index (χ2v) is 12.0. The van der Waals surface area contributed by atoms with Crippen LogP contribution in [0.5, 0.6) is 5.75 Å². The molecule has 3 rings (SSSR count). The van der Waals surface area contributed by atoms with Crippen LogP contribution in [0.25, 0.3) is 0 Å². The Morgan fingerprint density at radius 2 is 1.82 bits per heavy atom. The monoisotopic (exact) mass is 563 g/mol. The Morgan fingerprint density at radius 3 is 2.42 bits per heavy atom. The zero-order chi connectivity index (χ0) is 27.7. The fraction of sp³-hybridized carbons (Fsp3) is 0.500. The molecule has 1 saturated carbocycles. The molecule has 2 aromatic carbocycles. The van der Waals surface area contributed by atoms with Crippen LogP contribution in [0.1, 0.15) is 57.4 Å². The summed E-state index contributed by atoms with van der Waals surface area (Å²) in [6.45, 7) is 2.28. The second kappa shape index (κ2) is 13.8. The van der Waals surface area contributed by atoms with E-state index in [1.54, 1.807) is 41.3 Å². The summed E-state index contributed by atoms with van der Waals surface area (Å²) in [4.78, 5) is 28.4. The van der Waals surface area contributed by atoms with E-state index >= 15 is 0 Å². The predicted octanol–water partition coefficient (Wildman–Crippen LogP) is 4.76. The van der Waals surface area contributed by atoms with Gasteiger partial charge in [0, 0.05) is 36.6 Å². The third-order valence-corrected chi connectivity index (χ3v) is 8.29. The molecule has 0 bridgehead atoms. The molecule has 0 spiro atoms. The minimum Gasteiger partial charge on any atom is -0.497 e. The zero-order valence-corrected chi connectivity index (χ0v) is 23.9. The lowest BCUT2D eigenvalue weighted by Crippen LogP contribution is -2.51. The number of anilines is 1. The molecule has 2 aromatic rings. The molecule has 2 amide bonds. The SMILES string of the molecule is CC[C@H](C(=O)NC1CCCC1)N(Cc1ccc(Cl)cc1)C(=O)CCCN(c1cccc(OC)c1)S(C)(=O)=O. The zero-order valence-electron chi connectivity index (χ0n) is 22.4. The maximum Gasteiger partial charge on any atom is 0.243 e. The van der Waals surface area contributed by atoms with Gasteiger partial charge in [0.25, 0.3) is 0 Å². The van der Waals surface area contributed by atoms with Crippen molar-refractivity contribution in [2.45, 2.75) is 70.5 Å². The van der Waals surface area contributed by atoms with Crippen molar-refractivity contribution in [2.75, 3.05) is 24.2 Å². The van der Waals surface area contributed by atoms with Gasteiger partial charge in [-0.15, -0.1) is 0 Å². The van der Waals surface area contributed by atoms with E-state index in [1.165, 1.54) is 11.4 Å². The van der Waals surface area contributed by atoms with Crippen molar-refractivity contribution >= 4 is 39.1 Å². The van der Waals surface area contributed by atoms with Crippen LogP contribution >= 0.6 is 11.6 Å². The molecule has 0 unspecified atom stereocenters. The predicted molar refractivity (Wildman–Crippen MR) is 151 cm³/mol. The molecule has 0 aliphatic heterocycles. The quantitative estimate of drug-likeness (QED) is 0.379. The molecule has 1 aliphatic rings. The van der Waals surface area contributed by atoms with Gasteiger partial charge in [0.15, 0.2) is 0 Å². The average Bonchev–Trinajstić information content (AvgIpc) is 3.39. The van der Waals surface area contributed by atoms with Crippen molar-refractivity contribution in [1.29, 1.82) is 0 Å². The van der Waals surface area contributed by atoms with Gasteiger partial charge >= 0.3 is 0 Å². The van der Waals surface area contributed by atoms with Crippen LogP contribution in [0.2, 0.25) is 5.02 Å². The highest BCUT2D eigenvalue weighted by molar-refractivity contribution is 7.92. The molecule has 0 aromatic heterocycles. The number of halogens is 1. The van der Waals surface area contributed by atoms with Gasteiger partial charge in [-0.2, -0.15) is 0 Å². The summed E-state index contributed by atoms with van der Waals surface area (Å²) in [6, 6.07) is 13.5. The number of hydrogen-bond donors (Lipinski definition) is 1. The van der Waals surface area contributed by atoms with Crippen LogP contribution < -0.4 is 14.4 Å². The third kappa shape index (κ3) is 8.36. The van der Waals surface area contributed by atoms with Crippen molar-refractivity contribution in [1.82, 2.24) is 10.2 Å². The van der Waals surface area contributed by atoms with Crippen molar-refractivity contribution in [2.24, 2.45) is 0 Å². The van der Waals surface area contributed by atoms with Crippen molar-refractivity contribution in [3.8, 4) is 5.75 Å². The van der Waals surface area contributed by atoms with Gasteiger partial charge < -0.3 is 15.0 Å². The maximum absolute atomic E-state index is 13.6. The van der Waals surface area contributed by atoms with Crippen molar-refractivity contribution in [3.63, 3.8) is 0 Å². The first-order chi connectivity index (χ1) is 18.1. The van der Waals surface area contributed by atoms with Gasteiger partial charge in [-0.3, -0.25) is 13.9 Å². The molecular weight excluding hydrogens is 526 g/mol. The number of hydrogen-bond acceptors (Lipinski definition) is 5. The molecule has 0 radical (unpaired) electrons. The average molecular weight is 564 g/mol. The van der Waals surface area contributed by atoms with Gasteiger partial charge in [-0.1, -0.05) is 49.6 Å². The summed E-state index contributed by atoms with van der Waals surface area (Å²) < 4.78 is 31.6. The molecule has 10 heteroatoms. The van der Waals surface area contributed by atoms with E-state index in [2.05, 4.69) is 5.32 Å². The number of amides is 2. The first kappa shape index (κ1) is 29.8. The Morgan fingerprint density at radius 1 is 1.13 bits per heavy atom. The normalized spacial score (nSPS) is 14.6. The molecule has 208 valence electrons. The number of carbonyl (C=O) groups is 2. The first-order valence-corrected chi connectivity index (χ1v) is 15.3. The van der Waals surface area contributed by atoms with E-state index in [0.29, 0.717) is 29.3 Å². The molecule has 1 atom stereocenters. The fourth-order valence-electron chi connectivity index (χ4n) is 4.84. The summed E-state index contributed by atoms with van der Waals surface area (Å²) in [5, 5.41) is 3.73. The molecule has 38 heavy (non-hydrogen) atoms. The molecule has 0 heterocycles. The van der Waals surface area contributed by atoms with Crippen LogP contribution in [-0.4, -0.2) is 57.1 Å². The Kier molecular flexibility index (Phi) is 10.8. The van der Waals surface area contributed by atoms with Gasteiger partial charge in [-0.25, -0.2) is 8.42 Å². The third-order valence-electron chi connectivity index (χ3n) is 6.85. The summed E-state index contributed by atoms with van der Waals surface area (Å²) in [7, 11) is -2.07. The summed E-state index contributed by atoms with van der Waals surface area (Å²) in [6.07, 6.45) is 6.10. The van der Waals surface area contributed by atoms with Crippen LogP contribution in [0.15, 0.2) is 48.5 Å². The number of sulfonamides is 1. The topological polar surface area (TPSA) is 96.0 Å². The summed E-state index contributed by atoms with van der Waals surface area (Å²) >= 11 is 6.04. The van der Waals surface area contributed by atoms with Gasteiger partial charge in [0.05, 0.1) is 19.1 Å². The van der Waals surface area contributed by atoms with E-state index in [1.807, 2.05) is 19.1 Å².